The summed E-state index contributed by atoms with van der Waals surface area (Å²) in [6.07, 6.45) is -28.3. The van der Waals surface area contributed by atoms with Gasteiger partial charge in [-0.15, -0.1) is 0 Å². The summed E-state index contributed by atoms with van der Waals surface area (Å²) in [7, 11) is 0. The van der Waals surface area contributed by atoms with E-state index in [4.69, 9.17) is 0 Å². The molecule has 18 heteroatoms. The average molecular weight is 1800 g/mol. The van der Waals surface area contributed by atoms with Gasteiger partial charge < -0.3 is 0 Å². The molecule has 3 aliphatic carbocycles. The van der Waals surface area contributed by atoms with E-state index in [-0.39, 0.29) is 16.5 Å². The van der Waals surface area contributed by atoms with Crippen molar-refractivity contribution in [1.29, 1.82) is 0 Å². The van der Waals surface area contributed by atoms with Crippen LogP contribution in [0.1, 0.15) is 218 Å². The Kier molecular flexibility index (Phi) is 33.4. The van der Waals surface area contributed by atoms with E-state index in [9.17, 15) is 79.0 Å². The van der Waals surface area contributed by atoms with Gasteiger partial charge in [0.15, 0.2) is 0 Å². The normalized spacial score (nSPS) is 12.8. The maximum absolute atomic E-state index is 13.7. The molecule has 0 aliphatic heterocycles. The lowest BCUT2D eigenvalue weighted by Gasteiger charge is -2.38. The van der Waals surface area contributed by atoms with E-state index in [2.05, 4.69) is 256 Å². The molecule has 0 spiro atoms. The molecule has 0 unspecified atom stereocenters. The number of benzene rings is 13. The highest BCUT2D eigenvalue weighted by atomic mass is 19.4. The van der Waals surface area contributed by atoms with E-state index in [0.29, 0.717) is 34.1 Å². The smallest absolute Gasteiger partial charge is 0.169 e. The van der Waals surface area contributed by atoms with Crippen molar-refractivity contribution in [2.45, 2.75) is 225 Å². The van der Waals surface area contributed by atoms with Crippen molar-refractivity contribution in [2.24, 2.45) is 0 Å². The molecule has 0 fully saturated rings. The third-order valence-electron chi connectivity index (χ3n) is 23.8. The molecule has 0 atom stereocenters. The summed E-state index contributed by atoms with van der Waals surface area (Å²) >= 11 is 0. The second kappa shape index (κ2) is 41.8. The zero-order valence-electron chi connectivity index (χ0n) is 77.8. The monoisotopic (exact) mass is 1800 g/mol. The summed E-state index contributed by atoms with van der Waals surface area (Å²) in [5.41, 5.74) is 24.7. The maximum atomic E-state index is 13.7. The van der Waals surface area contributed by atoms with Gasteiger partial charge in [-0.1, -0.05) is 337 Å². The fourth-order valence-corrected chi connectivity index (χ4v) is 16.5. The number of halogens is 18. The first-order valence-corrected chi connectivity index (χ1v) is 42.8. The molecule has 0 saturated heterocycles. The van der Waals surface area contributed by atoms with Crippen molar-refractivity contribution in [3.8, 4) is 33.4 Å². The molecular weight excluding hydrogens is 1690 g/mol. The lowest BCUT2D eigenvalue weighted by atomic mass is 9.72. The maximum Gasteiger partial charge on any atom is 0.417 e. The zero-order valence-corrected chi connectivity index (χ0v) is 77.8. The van der Waals surface area contributed by atoms with Crippen LogP contribution >= 0.6 is 0 Å². The first kappa shape index (κ1) is 104. The van der Waals surface area contributed by atoms with E-state index in [0.717, 1.165) is 62.4 Å². The minimum Gasteiger partial charge on any atom is -0.169 e. The average Bonchev–Trinajstić information content (AvgIpc) is 1.06. The van der Waals surface area contributed by atoms with Gasteiger partial charge in [0.25, 0.3) is 0 Å². The molecule has 0 bridgehead atoms. The molecule has 0 N–H and O–H groups in total. The third-order valence-corrected chi connectivity index (χ3v) is 23.8. The van der Waals surface area contributed by atoms with Crippen molar-refractivity contribution in [1.82, 2.24) is 0 Å². The van der Waals surface area contributed by atoms with Crippen LogP contribution < -0.4 is 0 Å². The SMILES string of the molecule is CCC1c2cc(C)ccc2-c2ccc(C)cc21.Cc1ccc(C(c2ccc(C)cc2)(C(F)(F)F)C(F)(F)F)cc1.Cc1ccc(C)c(C(F)(F)F)c1.Cc1ccc(C)c(C(F)(F)F)c1.Cc1ccc(C)c(C(F)(F)F)c1C(F)(F)F.Cc1ccc(C)c(C)c1.Cc1ccc(C)cc1.Cc1ccc2c(c1)C(C)(C)c1cc(C)ccc1-2.Cc1ccc2c(c1)C(C)c1cc(C)ccc1-2. The van der Waals surface area contributed by atoms with Crippen LogP contribution in [0.25, 0.3) is 33.4 Å². The van der Waals surface area contributed by atoms with Gasteiger partial charge in [0.1, 0.15) is 0 Å². The first-order chi connectivity index (χ1) is 60.2. The van der Waals surface area contributed by atoms with Crippen LogP contribution in [0.2, 0.25) is 0 Å². The molecule has 3 aliphatic rings. The Labute approximate surface area is 755 Å². The van der Waals surface area contributed by atoms with Crippen LogP contribution in [0.4, 0.5) is 79.0 Å². The highest BCUT2D eigenvalue weighted by Crippen LogP contribution is 2.57. The van der Waals surface area contributed by atoms with Crippen molar-refractivity contribution < 1.29 is 79.0 Å². The third kappa shape index (κ3) is 25.2. The Morgan fingerprint density at radius 2 is 0.462 bits per heavy atom. The predicted molar refractivity (Wildman–Crippen MR) is 495 cm³/mol. The molecule has 0 heterocycles. The van der Waals surface area contributed by atoms with E-state index < -0.39 is 87.0 Å². The molecule has 0 aromatic heterocycles. The lowest BCUT2D eigenvalue weighted by molar-refractivity contribution is -0.288. The minimum atomic E-state index is -5.53. The van der Waals surface area contributed by atoms with Crippen molar-refractivity contribution >= 4 is 0 Å². The molecule has 0 saturated carbocycles. The van der Waals surface area contributed by atoms with Crippen molar-refractivity contribution in [3.63, 3.8) is 0 Å². The predicted octanol–water partition coefficient (Wildman–Crippen LogP) is 35.5. The number of alkyl halides is 18. The molecule has 13 aromatic rings. The summed E-state index contributed by atoms with van der Waals surface area (Å²) in [6.45, 7) is 44.3. The molecule has 16 rings (SSSR count). The first-order valence-electron chi connectivity index (χ1n) is 42.8. The lowest BCUT2D eigenvalue weighted by Crippen LogP contribution is -2.54. The summed E-state index contributed by atoms with van der Waals surface area (Å²) in [4.78, 5) is 0. The highest BCUT2D eigenvalue weighted by molar-refractivity contribution is 5.82. The van der Waals surface area contributed by atoms with Crippen LogP contribution in [0.5, 0.6) is 0 Å². The Morgan fingerprint density at radius 3 is 0.723 bits per heavy atom. The van der Waals surface area contributed by atoms with Crippen LogP contribution in [0, 0.1) is 132 Å². The minimum absolute atomic E-state index is 0.142. The van der Waals surface area contributed by atoms with Crippen LogP contribution in [-0.4, -0.2) is 12.4 Å². The summed E-state index contributed by atoms with van der Waals surface area (Å²) in [5, 5.41) is 0. The fraction of sp³-hybridized carbons (Fsp3) is 0.304. The number of aryl methyl sites for hydroxylation is 19. The number of fused-ring (bicyclic) bond motifs is 9. The van der Waals surface area contributed by atoms with Gasteiger partial charge in [-0.2, -0.15) is 79.0 Å². The summed E-state index contributed by atoms with van der Waals surface area (Å²) < 4.78 is 231. The number of hydrogen-bond acceptors (Lipinski definition) is 0. The van der Waals surface area contributed by atoms with Crippen LogP contribution in [0.15, 0.2) is 249 Å². The van der Waals surface area contributed by atoms with E-state index >= 15 is 0 Å². The van der Waals surface area contributed by atoms with Crippen LogP contribution in [0.3, 0.4) is 0 Å². The number of hydrogen-bond donors (Lipinski definition) is 0. The standard InChI is InChI=1S/C17H14F6.2C17H18.C16H16.C10H8F6.2C9H9F3.C9H12.C8H10/c1-11-3-7-13(8-4-11)15(16(18,19)20,17(21,22)23)14-9-5-12(2)6-10-14;1-11-5-7-13-14-8-6-12(2)10-16(14)17(3,4)15(13)9-11;1-4-13-16-9-11(2)5-7-14(16)15-8-6-12(3)10-17(13)15;1-10-4-6-13-14-7-5-11(2)9-16(14)12(3)15(13)8-10;1-5-3-4-6(2)8(10(14,15)16)7(5)9(11,12)13;2*1-6-3-4-7(2)8(5-6)9(10,11)12;1-7-4-5-8(2)9(3)6-7;1-7-3-5-8(2)6-4-7/h3-10H,1-2H3;5-10H,1-4H3;5-10,13H,4H2,1-3H3;4-9,12H,1-3H3;3-4H,1-2H3;2*3-5H,1-2H3;4-6H,1-3H3;3-6H,1-2H3. The second-order valence-electron chi connectivity index (χ2n) is 35.1. The molecule has 0 nitrogen and oxygen atoms in total. The Morgan fingerprint density at radius 1 is 0.231 bits per heavy atom. The van der Waals surface area contributed by atoms with Gasteiger partial charge in [0, 0.05) is 17.3 Å². The van der Waals surface area contributed by atoms with Gasteiger partial charge >= 0.3 is 37.1 Å². The molecule has 130 heavy (non-hydrogen) atoms. The molecule has 0 radical (unpaired) electrons. The highest BCUT2D eigenvalue weighted by Gasteiger charge is 2.72. The zero-order chi connectivity index (χ0) is 97.2. The Hall–Kier alpha value is -11.4. The van der Waals surface area contributed by atoms with Gasteiger partial charge in [0.2, 0.25) is 5.41 Å². The van der Waals surface area contributed by atoms with E-state index in [1.165, 1.54) is 185 Å². The van der Waals surface area contributed by atoms with Crippen molar-refractivity contribution in [2.75, 3.05) is 0 Å². The van der Waals surface area contributed by atoms with Crippen LogP contribution in [-0.2, 0) is 35.5 Å². The largest absolute Gasteiger partial charge is 0.417 e. The van der Waals surface area contributed by atoms with Gasteiger partial charge in [-0.25, -0.2) is 0 Å². The van der Waals surface area contributed by atoms with E-state index in [1.54, 1.807) is 39.8 Å². The fourth-order valence-electron chi connectivity index (χ4n) is 16.5. The second-order valence-corrected chi connectivity index (χ2v) is 35.1. The summed E-state index contributed by atoms with van der Waals surface area (Å²) in [5.74, 6) is 1.14. The quantitative estimate of drug-likeness (QED) is 0.155. The molecular formula is C112H114F18. The molecule has 688 valence electrons. The van der Waals surface area contributed by atoms with Gasteiger partial charge in [0.05, 0.1) is 22.3 Å². The summed E-state index contributed by atoms with van der Waals surface area (Å²) in [6, 6.07) is 75.2. The Bertz CT molecular complexity index is 5720. The molecule has 0 amide bonds. The number of rotatable bonds is 3. The van der Waals surface area contributed by atoms with Gasteiger partial charge in [-0.3, -0.25) is 0 Å². The van der Waals surface area contributed by atoms with E-state index in [1.807, 2.05) is 0 Å². The Balaban J connectivity index is 0.000000183. The molecule has 13 aromatic carbocycles. The topological polar surface area (TPSA) is 0 Å². The van der Waals surface area contributed by atoms with Gasteiger partial charge in [-0.05, 0) is 261 Å². The van der Waals surface area contributed by atoms with Crippen molar-refractivity contribution in [3.05, 3.63) is 421 Å².